The summed E-state index contributed by atoms with van der Waals surface area (Å²) >= 11 is 0. The molecule has 0 amide bonds. The standard InChI is InChI=1S/C15H27NO3/c1-17-15(4-2-5-15)12-16-13-3-8-19-14(11-13)6-9-18-10-7-14/h13,16H,2-12H2,1H3. The molecule has 110 valence electrons. The highest BCUT2D eigenvalue weighted by molar-refractivity contribution is 4.95. The van der Waals surface area contributed by atoms with E-state index in [0.717, 1.165) is 52.0 Å². The predicted octanol–water partition coefficient (Wildman–Crippen LogP) is 1.87. The third-order valence-corrected chi connectivity index (χ3v) is 5.31. The lowest BCUT2D eigenvalue weighted by Crippen LogP contribution is -2.54. The first-order valence-corrected chi connectivity index (χ1v) is 7.76. The lowest BCUT2D eigenvalue weighted by atomic mass is 9.79. The smallest absolute Gasteiger partial charge is 0.0802 e. The van der Waals surface area contributed by atoms with Crippen LogP contribution in [0.25, 0.3) is 0 Å². The van der Waals surface area contributed by atoms with Gasteiger partial charge in [0.25, 0.3) is 0 Å². The van der Waals surface area contributed by atoms with Gasteiger partial charge in [-0.15, -0.1) is 0 Å². The molecule has 0 aromatic rings. The average Bonchev–Trinajstić information content (AvgIpc) is 2.39. The first kappa shape index (κ1) is 13.8. The van der Waals surface area contributed by atoms with Gasteiger partial charge >= 0.3 is 0 Å². The molecule has 4 nitrogen and oxygen atoms in total. The molecule has 3 rings (SSSR count). The van der Waals surface area contributed by atoms with Gasteiger partial charge in [0.1, 0.15) is 0 Å². The number of hydrogen-bond acceptors (Lipinski definition) is 4. The molecule has 2 heterocycles. The highest BCUT2D eigenvalue weighted by Gasteiger charge is 2.41. The minimum absolute atomic E-state index is 0.0913. The van der Waals surface area contributed by atoms with Crippen LogP contribution in [0.15, 0.2) is 0 Å². The number of ether oxygens (including phenoxy) is 3. The molecule has 1 N–H and O–H groups in total. The summed E-state index contributed by atoms with van der Waals surface area (Å²) in [6.45, 7) is 3.60. The molecule has 1 aliphatic carbocycles. The highest BCUT2D eigenvalue weighted by Crippen LogP contribution is 2.36. The summed E-state index contributed by atoms with van der Waals surface area (Å²) in [6, 6.07) is 0.583. The van der Waals surface area contributed by atoms with Crippen LogP contribution in [-0.4, -0.2) is 50.7 Å². The van der Waals surface area contributed by atoms with E-state index in [1.54, 1.807) is 0 Å². The van der Waals surface area contributed by atoms with Gasteiger partial charge in [-0.25, -0.2) is 0 Å². The van der Waals surface area contributed by atoms with Crippen molar-refractivity contribution in [2.24, 2.45) is 0 Å². The van der Waals surface area contributed by atoms with Crippen molar-refractivity contribution in [1.82, 2.24) is 5.32 Å². The van der Waals surface area contributed by atoms with E-state index in [2.05, 4.69) is 5.32 Å². The number of nitrogens with one attached hydrogen (secondary N) is 1. The van der Waals surface area contributed by atoms with Gasteiger partial charge in [0, 0.05) is 39.5 Å². The first-order chi connectivity index (χ1) is 9.26. The van der Waals surface area contributed by atoms with E-state index in [4.69, 9.17) is 14.2 Å². The van der Waals surface area contributed by atoms with Crippen LogP contribution in [0.1, 0.15) is 44.9 Å². The van der Waals surface area contributed by atoms with E-state index in [1.165, 1.54) is 19.3 Å². The van der Waals surface area contributed by atoms with Crippen molar-refractivity contribution in [3.8, 4) is 0 Å². The van der Waals surface area contributed by atoms with E-state index in [0.29, 0.717) is 6.04 Å². The summed E-state index contributed by atoms with van der Waals surface area (Å²) in [5, 5.41) is 3.74. The van der Waals surface area contributed by atoms with Gasteiger partial charge in [-0.05, 0) is 44.9 Å². The maximum Gasteiger partial charge on any atom is 0.0802 e. The largest absolute Gasteiger partial charge is 0.381 e. The quantitative estimate of drug-likeness (QED) is 0.846. The van der Waals surface area contributed by atoms with Crippen molar-refractivity contribution in [1.29, 1.82) is 0 Å². The molecule has 0 radical (unpaired) electrons. The fourth-order valence-corrected chi connectivity index (χ4v) is 3.65. The molecular formula is C15H27NO3. The Hall–Kier alpha value is -0.160. The molecule has 19 heavy (non-hydrogen) atoms. The van der Waals surface area contributed by atoms with E-state index >= 15 is 0 Å². The van der Waals surface area contributed by atoms with Crippen molar-refractivity contribution in [2.75, 3.05) is 33.5 Å². The Kier molecular flexibility index (Phi) is 4.13. The molecule has 1 spiro atoms. The van der Waals surface area contributed by atoms with Crippen LogP contribution in [0.4, 0.5) is 0 Å². The van der Waals surface area contributed by atoms with Gasteiger partial charge in [-0.3, -0.25) is 0 Å². The summed E-state index contributed by atoms with van der Waals surface area (Å²) in [4.78, 5) is 0. The van der Waals surface area contributed by atoms with Crippen LogP contribution >= 0.6 is 0 Å². The molecular weight excluding hydrogens is 242 g/mol. The van der Waals surface area contributed by atoms with E-state index in [1.807, 2.05) is 7.11 Å². The minimum atomic E-state index is 0.0913. The van der Waals surface area contributed by atoms with Gasteiger partial charge in [0.15, 0.2) is 0 Å². The summed E-state index contributed by atoms with van der Waals surface area (Å²) in [7, 11) is 1.85. The topological polar surface area (TPSA) is 39.7 Å². The Labute approximate surface area is 116 Å². The Morgan fingerprint density at radius 3 is 2.58 bits per heavy atom. The van der Waals surface area contributed by atoms with Crippen molar-refractivity contribution in [3.05, 3.63) is 0 Å². The van der Waals surface area contributed by atoms with Crippen LogP contribution in [-0.2, 0) is 14.2 Å². The van der Waals surface area contributed by atoms with Crippen molar-refractivity contribution >= 4 is 0 Å². The van der Waals surface area contributed by atoms with Gasteiger partial charge in [-0.1, -0.05) is 0 Å². The summed E-state index contributed by atoms with van der Waals surface area (Å²) in [5.41, 5.74) is 0.217. The molecule has 1 unspecified atom stereocenters. The van der Waals surface area contributed by atoms with Crippen molar-refractivity contribution < 1.29 is 14.2 Å². The zero-order chi connectivity index (χ0) is 13.2. The van der Waals surface area contributed by atoms with Crippen LogP contribution in [0.2, 0.25) is 0 Å². The maximum atomic E-state index is 6.08. The number of rotatable bonds is 4. The highest BCUT2D eigenvalue weighted by atomic mass is 16.5. The van der Waals surface area contributed by atoms with Crippen LogP contribution < -0.4 is 5.32 Å². The zero-order valence-electron chi connectivity index (χ0n) is 12.1. The van der Waals surface area contributed by atoms with Gasteiger partial charge in [0.2, 0.25) is 0 Å². The van der Waals surface area contributed by atoms with Crippen molar-refractivity contribution in [2.45, 2.75) is 62.2 Å². The first-order valence-electron chi connectivity index (χ1n) is 7.76. The molecule has 0 aromatic carbocycles. The Balaban J connectivity index is 1.50. The molecule has 2 saturated heterocycles. The molecule has 1 saturated carbocycles. The van der Waals surface area contributed by atoms with E-state index < -0.39 is 0 Å². The SMILES string of the molecule is COC1(CNC2CCOC3(CCOCC3)C2)CCC1. The Morgan fingerprint density at radius 1 is 1.16 bits per heavy atom. The Morgan fingerprint density at radius 2 is 1.95 bits per heavy atom. The Bertz CT molecular complexity index is 287. The lowest BCUT2D eigenvalue weighted by molar-refractivity contribution is -0.143. The van der Waals surface area contributed by atoms with Gasteiger partial charge in [0.05, 0.1) is 11.2 Å². The average molecular weight is 269 g/mol. The van der Waals surface area contributed by atoms with Crippen LogP contribution in [0.3, 0.4) is 0 Å². The zero-order valence-corrected chi connectivity index (χ0v) is 12.1. The summed E-state index contributed by atoms with van der Waals surface area (Å²) in [6.07, 6.45) is 8.10. The second-order valence-corrected chi connectivity index (χ2v) is 6.46. The van der Waals surface area contributed by atoms with Gasteiger partial charge < -0.3 is 19.5 Å². The molecule has 0 aromatic heterocycles. The molecule has 3 aliphatic rings. The molecule has 0 bridgehead atoms. The van der Waals surface area contributed by atoms with Crippen LogP contribution in [0.5, 0.6) is 0 Å². The summed E-state index contributed by atoms with van der Waals surface area (Å²) < 4.78 is 17.2. The molecule has 3 fully saturated rings. The fourth-order valence-electron chi connectivity index (χ4n) is 3.65. The number of methoxy groups -OCH3 is 1. The normalized spacial score (nSPS) is 33.0. The molecule has 4 heteroatoms. The summed E-state index contributed by atoms with van der Waals surface area (Å²) in [5.74, 6) is 0. The van der Waals surface area contributed by atoms with E-state index in [-0.39, 0.29) is 11.2 Å². The fraction of sp³-hybridized carbons (Fsp3) is 1.00. The second kappa shape index (κ2) is 5.68. The third kappa shape index (κ3) is 2.97. The molecule has 2 aliphatic heterocycles. The predicted molar refractivity (Wildman–Crippen MR) is 73.4 cm³/mol. The van der Waals surface area contributed by atoms with Crippen LogP contribution in [0, 0.1) is 0 Å². The monoisotopic (exact) mass is 269 g/mol. The second-order valence-electron chi connectivity index (χ2n) is 6.46. The van der Waals surface area contributed by atoms with E-state index in [9.17, 15) is 0 Å². The maximum absolute atomic E-state index is 6.08. The lowest BCUT2D eigenvalue weighted by Gasteiger charge is -2.46. The number of hydrogen-bond donors (Lipinski definition) is 1. The third-order valence-electron chi connectivity index (χ3n) is 5.31. The minimum Gasteiger partial charge on any atom is -0.381 e. The van der Waals surface area contributed by atoms with Crippen molar-refractivity contribution in [3.63, 3.8) is 0 Å². The molecule has 1 atom stereocenters. The van der Waals surface area contributed by atoms with Gasteiger partial charge in [-0.2, -0.15) is 0 Å².